The Bertz CT molecular complexity index is 1190. The predicted molar refractivity (Wildman–Crippen MR) is 283 cm³/mol. The zero-order valence-corrected chi connectivity index (χ0v) is 45.7. The SMILES string of the molecule is CCCCCCCCCCCCCCCCCCNC(=O)OCC(COC(=O)CCC(=O)NCCCC(C)(CC)OCCC(C)(C)OC)NC(=O)CCCCCCCCCCCCCCCCC. The van der Waals surface area contributed by atoms with Crippen molar-refractivity contribution >= 4 is 23.9 Å². The van der Waals surface area contributed by atoms with E-state index in [1.807, 2.05) is 13.8 Å². The van der Waals surface area contributed by atoms with Gasteiger partial charge in [-0.05, 0) is 59.3 Å². The highest BCUT2D eigenvalue weighted by Crippen LogP contribution is 2.24. The number of esters is 1. The van der Waals surface area contributed by atoms with E-state index in [-0.39, 0.29) is 49.1 Å². The van der Waals surface area contributed by atoms with Crippen molar-refractivity contribution in [1.29, 1.82) is 0 Å². The van der Waals surface area contributed by atoms with Gasteiger partial charge in [0.05, 0.1) is 30.3 Å². The maximum atomic E-state index is 13.0. The summed E-state index contributed by atoms with van der Waals surface area (Å²) >= 11 is 0. The van der Waals surface area contributed by atoms with Gasteiger partial charge in [-0.2, -0.15) is 0 Å². The Hall–Kier alpha value is -2.40. The van der Waals surface area contributed by atoms with Crippen LogP contribution in [0, 0.1) is 0 Å². The number of methoxy groups -OCH3 is 1. The van der Waals surface area contributed by atoms with E-state index < -0.39 is 18.1 Å². The number of carbonyl (C=O) groups is 4. The molecule has 0 aliphatic heterocycles. The van der Waals surface area contributed by atoms with Gasteiger partial charge in [-0.15, -0.1) is 0 Å². The summed E-state index contributed by atoms with van der Waals surface area (Å²) in [4.78, 5) is 50.9. The number of hydrogen-bond acceptors (Lipinski definition) is 8. The summed E-state index contributed by atoms with van der Waals surface area (Å²) in [7, 11) is 1.71. The monoisotopic (exact) mass is 966 g/mol. The first-order valence-corrected chi connectivity index (χ1v) is 28.7. The van der Waals surface area contributed by atoms with Gasteiger partial charge in [-0.25, -0.2) is 4.79 Å². The summed E-state index contributed by atoms with van der Waals surface area (Å²) in [6.45, 7) is 14.2. The van der Waals surface area contributed by atoms with Crippen LogP contribution in [0.15, 0.2) is 0 Å². The standard InChI is InChI=1S/C57H111N3O8/c1-8-11-13-15-17-19-21-23-25-27-29-31-33-35-37-39-46-59-55(64)67-50-51(60-53(62)41-38-36-34-32-30-28-26-24-22-20-18-16-14-12-9-2)49-66-54(63)43-42-52(61)58-47-40-44-57(6,10-3)68-48-45-56(4,5)65-7/h51H,8-50H2,1-7H3,(H,58,61)(H,59,64)(H,60,62). The smallest absolute Gasteiger partial charge is 0.407 e. The van der Waals surface area contributed by atoms with Gasteiger partial charge in [0, 0.05) is 33.0 Å². The largest absolute Gasteiger partial charge is 0.463 e. The molecule has 0 saturated heterocycles. The second kappa shape index (κ2) is 47.0. The highest BCUT2D eigenvalue weighted by atomic mass is 16.6. The van der Waals surface area contributed by atoms with Crippen LogP contribution in [0.25, 0.3) is 0 Å². The molecule has 11 heteroatoms. The van der Waals surface area contributed by atoms with Crippen LogP contribution < -0.4 is 16.0 Å². The molecule has 0 aromatic carbocycles. The molecular weight excluding hydrogens is 855 g/mol. The number of amides is 3. The number of hydrogen-bond donors (Lipinski definition) is 3. The molecule has 0 radical (unpaired) electrons. The van der Waals surface area contributed by atoms with E-state index in [2.05, 4.69) is 43.6 Å². The van der Waals surface area contributed by atoms with Crippen molar-refractivity contribution in [2.45, 2.75) is 303 Å². The highest BCUT2D eigenvalue weighted by molar-refractivity contribution is 5.81. The van der Waals surface area contributed by atoms with Crippen LogP contribution in [0.4, 0.5) is 4.79 Å². The molecule has 0 spiro atoms. The second-order valence-corrected chi connectivity index (χ2v) is 20.8. The average Bonchev–Trinajstić information content (AvgIpc) is 3.32. The van der Waals surface area contributed by atoms with Gasteiger partial charge in [0.15, 0.2) is 0 Å². The third kappa shape index (κ3) is 44.8. The lowest BCUT2D eigenvalue weighted by Gasteiger charge is -2.31. The summed E-state index contributed by atoms with van der Waals surface area (Å²) in [5.74, 6) is -0.915. The topological polar surface area (TPSA) is 141 Å². The lowest BCUT2D eigenvalue weighted by Crippen LogP contribution is -2.43. The fourth-order valence-electron chi connectivity index (χ4n) is 8.44. The summed E-state index contributed by atoms with van der Waals surface area (Å²) in [6.07, 6.45) is 42.5. The summed E-state index contributed by atoms with van der Waals surface area (Å²) < 4.78 is 22.7. The molecule has 0 heterocycles. The van der Waals surface area contributed by atoms with E-state index in [0.717, 1.165) is 64.2 Å². The van der Waals surface area contributed by atoms with Crippen molar-refractivity contribution < 1.29 is 38.1 Å². The zero-order chi connectivity index (χ0) is 50.2. The van der Waals surface area contributed by atoms with E-state index in [4.69, 9.17) is 18.9 Å². The maximum Gasteiger partial charge on any atom is 0.407 e. The Balaban J connectivity index is 4.58. The molecule has 2 unspecified atom stereocenters. The predicted octanol–water partition coefficient (Wildman–Crippen LogP) is 14.9. The normalized spacial score (nSPS) is 12.9. The molecule has 68 heavy (non-hydrogen) atoms. The Morgan fingerprint density at radius 1 is 0.456 bits per heavy atom. The minimum Gasteiger partial charge on any atom is -0.463 e. The molecule has 0 rings (SSSR count). The van der Waals surface area contributed by atoms with Gasteiger partial charge in [-0.1, -0.05) is 207 Å². The van der Waals surface area contributed by atoms with Gasteiger partial charge >= 0.3 is 12.1 Å². The van der Waals surface area contributed by atoms with E-state index in [1.54, 1.807) is 7.11 Å². The van der Waals surface area contributed by atoms with E-state index in [1.165, 1.54) is 161 Å². The number of rotatable bonds is 51. The van der Waals surface area contributed by atoms with Crippen LogP contribution >= 0.6 is 0 Å². The lowest BCUT2D eigenvalue weighted by molar-refractivity contribution is -0.146. The molecule has 0 aliphatic carbocycles. The minimum absolute atomic E-state index is 0.000954. The van der Waals surface area contributed by atoms with Crippen LogP contribution in [0.2, 0.25) is 0 Å². The van der Waals surface area contributed by atoms with Crippen molar-refractivity contribution in [3.8, 4) is 0 Å². The Kier molecular flexibility index (Phi) is 45.3. The van der Waals surface area contributed by atoms with Crippen molar-refractivity contribution in [2.24, 2.45) is 0 Å². The fourth-order valence-corrected chi connectivity index (χ4v) is 8.44. The fraction of sp³-hybridized carbons (Fsp3) is 0.930. The third-order valence-electron chi connectivity index (χ3n) is 13.7. The van der Waals surface area contributed by atoms with Gasteiger partial charge in [0.25, 0.3) is 0 Å². The number of nitrogens with one attached hydrogen (secondary N) is 3. The van der Waals surface area contributed by atoms with Crippen LogP contribution in [-0.2, 0) is 33.3 Å². The number of alkyl carbamates (subject to hydrolysis) is 1. The van der Waals surface area contributed by atoms with Crippen molar-refractivity contribution in [3.05, 3.63) is 0 Å². The molecule has 0 saturated carbocycles. The van der Waals surface area contributed by atoms with Crippen molar-refractivity contribution in [1.82, 2.24) is 16.0 Å². The minimum atomic E-state index is -0.686. The molecule has 0 aliphatic rings. The van der Waals surface area contributed by atoms with Crippen molar-refractivity contribution in [3.63, 3.8) is 0 Å². The molecule has 0 fully saturated rings. The highest BCUT2D eigenvalue weighted by Gasteiger charge is 2.25. The molecule has 11 nitrogen and oxygen atoms in total. The molecule has 402 valence electrons. The van der Waals surface area contributed by atoms with Gasteiger partial charge < -0.3 is 34.9 Å². The molecule has 3 amide bonds. The maximum absolute atomic E-state index is 13.0. The van der Waals surface area contributed by atoms with Gasteiger partial charge in [0.2, 0.25) is 11.8 Å². The van der Waals surface area contributed by atoms with E-state index in [9.17, 15) is 19.2 Å². The summed E-state index contributed by atoms with van der Waals surface area (Å²) in [5.41, 5.74) is -0.523. The molecule has 0 aromatic heterocycles. The zero-order valence-electron chi connectivity index (χ0n) is 45.7. The molecular formula is C57H111N3O8. The molecule has 2 atom stereocenters. The molecule has 0 bridgehead atoms. The Morgan fingerprint density at radius 2 is 0.882 bits per heavy atom. The van der Waals surface area contributed by atoms with E-state index in [0.29, 0.717) is 26.1 Å². The quantitative estimate of drug-likeness (QED) is 0.0404. The van der Waals surface area contributed by atoms with Gasteiger partial charge in [0.1, 0.15) is 13.2 Å². The average molecular weight is 967 g/mol. The first-order chi connectivity index (χ1) is 32.9. The second-order valence-electron chi connectivity index (χ2n) is 20.8. The lowest BCUT2D eigenvalue weighted by atomic mass is 9.96. The first-order valence-electron chi connectivity index (χ1n) is 28.7. The number of unbranched alkanes of at least 4 members (excludes halogenated alkanes) is 29. The van der Waals surface area contributed by atoms with Crippen LogP contribution in [0.1, 0.15) is 286 Å². The number of carbonyl (C=O) groups excluding carboxylic acids is 4. The molecule has 0 aromatic rings. The summed E-state index contributed by atoms with van der Waals surface area (Å²) in [6, 6.07) is -0.686. The number of ether oxygens (including phenoxy) is 4. The van der Waals surface area contributed by atoms with Crippen molar-refractivity contribution in [2.75, 3.05) is 40.0 Å². The Morgan fingerprint density at radius 3 is 1.34 bits per heavy atom. The summed E-state index contributed by atoms with van der Waals surface area (Å²) in [5, 5.41) is 8.67. The third-order valence-corrected chi connectivity index (χ3v) is 13.7. The van der Waals surface area contributed by atoms with Crippen LogP contribution in [0.3, 0.4) is 0 Å². The van der Waals surface area contributed by atoms with E-state index >= 15 is 0 Å². The Labute approximate surface area is 419 Å². The van der Waals surface area contributed by atoms with Crippen LogP contribution in [0.5, 0.6) is 0 Å². The molecule has 3 N–H and O–H groups in total. The van der Waals surface area contributed by atoms with Crippen LogP contribution in [-0.4, -0.2) is 81.1 Å². The first kappa shape index (κ1) is 65.6. The van der Waals surface area contributed by atoms with Gasteiger partial charge in [-0.3, -0.25) is 14.4 Å².